The number of rotatable bonds is 5. The van der Waals surface area contributed by atoms with Crippen LogP contribution >= 0.6 is 11.3 Å². The number of amides is 3. The van der Waals surface area contributed by atoms with Gasteiger partial charge in [-0.3, -0.25) is 14.4 Å². The summed E-state index contributed by atoms with van der Waals surface area (Å²) in [6.07, 6.45) is -0.0125. The first kappa shape index (κ1) is 26.2. The lowest BCUT2D eigenvalue weighted by Gasteiger charge is -2.35. The Labute approximate surface area is 216 Å². The average molecular weight is 510 g/mol. The first-order valence-electron chi connectivity index (χ1n) is 12.3. The lowest BCUT2D eigenvalue weighted by Crippen LogP contribution is -2.56. The number of nitrogens with zero attached hydrogens (tertiary/aromatic N) is 2. The lowest BCUT2D eigenvalue weighted by atomic mass is 9.78. The maximum Gasteiger partial charge on any atom is 0.256 e. The third-order valence-corrected chi connectivity index (χ3v) is 8.37. The van der Waals surface area contributed by atoms with Crippen molar-refractivity contribution < 1.29 is 19.5 Å². The molecule has 0 unspecified atom stereocenters. The smallest absolute Gasteiger partial charge is 0.256 e. The van der Waals surface area contributed by atoms with Crippen LogP contribution in [0.1, 0.15) is 58.6 Å². The van der Waals surface area contributed by atoms with Gasteiger partial charge in [0.05, 0.1) is 17.6 Å². The molecule has 0 radical (unpaired) electrons. The maximum atomic E-state index is 13.6. The second-order valence-corrected chi connectivity index (χ2v) is 12.2. The summed E-state index contributed by atoms with van der Waals surface area (Å²) in [6.45, 7) is 11.2. The van der Waals surface area contributed by atoms with Crippen molar-refractivity contribution in [3.63, 3.8) is 0 Å². The minimum Gasteiger partial charge on any atom is -0.391 e. The van der Waals surface area contributed by atoms with Crippen LogP contribution in [0.4, 0.5) is 0 Å². The van der Waals surface area contributed by atoms with E-state index in [4.69, 9.17) is 0 Å². The van der Waals surface area contributed by atoms with Crippen molar-refractivity contribution in [2.75, 3.05) is 6.54 Å². The highest BCUT2D eigenvalue weighted by molar-refractivity contribution is 7.13. The van der Waals surface area contributed by atoms with E-state index in [-0.39, 0.29) is 24.3 Å². The summed E-state index contributed by atoms with van der Waals surface area (Å²) < 4.78 is 0. The second-order valence-electron chi connectivity index (χ2n) is 11.3. The molecule has 3 heterocycles. The highest BCUT2D eigenvalue weighted by Gasteiger charge is 2.49. The highest BCUT2D eigenvalue weighted by Crippen LogP contribution is 2.39. The van der Waals surface area contributed by atoms with Crippen molar-refractivity contribution in [3.8, 4) is 10.4 Å². The van der Waals surface area contributed by atoms with Gasteiger partial charge >= 0.3 is 0 Å². The van der Waals surface area contributed by atoms with Gasteiger partial charge in [0, 0.05) is 36.9 Å². The molecule has 4 atom stereocenters. The van der Waals surface area contributed by atoms with Gasteiger partial charge < -0.3 is 15.3 Å². The predicted molar refractivity (Wildman–Crippen MR) is 142 cm³/mol. The molecule has 2 N–H and O–H groups in total. The summed E-state index contributed by atoms with van der Waals surface area (Å²) in [5.41, 5.74) is 2.47. The number of nitrogens with one attached hydrogen (secondary N) is 1. The molecular formula is C28H35N3O4S. The summed E-state index contributed by atoms with van der Waals surface area (Å²) in [5.74, 6) is -0.791. The highest BCUT2D eigenvalue weighted by atomic mass is 32.1. The Bertz CT molecular complexity index is 1210. The fourth-order valence-electron chi connectivity index (χ4n) is 5.20. The molecule has 0 bridgehead atoms. The van der Waals surface area contributed by atoms with E-state index < -0.39 is 29.0 Å². The SMILES string of the molecule is CC(=O)N[C@H](C(=O)N1C[C@H](O)C[C@@H]1C1=NC(=O)[C@@](C)(c2ccc(-c3sccc3C)cc2)C1)C(C)(C)C. The largest absolute Gasteiger partial charge is 0.391 e. The third kappa shape index (κ3) is 4.89. The molecule has 1 aromatic heterocycles. The number of hydrogen-bond donors (Lipinski definition) is 2. The normalized spacial score (nSPS) is 25.1. The molecule has 2 aliphatic heterocycles. The molecule has 8 heteroatoms. The zero-order valence-electron chi connectivity index (χ0n) is 21.8. The Morgan fingerprint density at radius 2 is 1.89 bits per heavy atom. The number of β-amino-alcohol motifs (C(OH)–C–C–N with tert-alkyl or cyclic N) is 1. The van der Waals surface area contributed by atoms with E-state index in [1.54, 1.807) is 16.2 Å². The number of benzene rings is 1. The number of carbonyl (C=O) groups excluding carboxylic acids is 3. The van der Waals surface area contributed by atoms with E-state index in [1.165, 1.54) is 17.4 Å². The Balaban J connectivity index is 1.58. The second kappa shape index (κ2) is 9.56. The van der Waals surface area contributed by atoms with Crippen LogP contribution in [0.25, 0.3) is 10.4 Å². The number of aliphatic imine (C=N–C) groups is 1. The summed E-state index contributed by atoms with van der Waals surface area (Å²) in [6, 6.07) is 8.93. The first-order valence-corrected chi connectivity index (χ1v) is 13.2. The quantitative estimate of drug-likeness (QED) is 0.639. The number of thiophene rings is 1. The lowest BCUT2D eigenvalue weighted by molar-refractivity contribution is -0.139. The monoisotopic (exact) mass is 509 g/mol. The minimum atomic E-state index is -0.832. The molecule has 192 valence electrons. The van der Waals surface area contributed by atoms with E-state index in [9.17, 15) is 19.5 Å². The molecular weight excluding hydrogens is 474 g/mol. The number of likely N-dealkylation sites (tertiary alicyclic amines) is 1. The third-order valence-electron chi connectivity index (χ3n) is 7.31. The van der Waals surface area contributed by atoms with Crippen LogP contribution in [-0.4, -0.2) is 58.2 Å². The Kier molecular flexibility index (Phi) is 6.96. The van der Waals surface area contributed by atoms with Gasteiger partial charge in [0.1, 0.15) is 6.04 Å². The van der Waals surface area contributed by atoms with Gasteiger partial charge in [-0.1, -0.05) is 45.0 Å². The molecule has 0 saturated carbocycles. The fourth-order valence-corrected chi connectivity index (χ4v) is 6.13. The predicted octanol–water partition coefficient (Wildman–Crippen LogP) is 3.87. The van der Waals surface area contributed by atoms with Crippen molar-refractivity contribution in [3.05, 3.63) is 46.8 Å². The van der Waals surface area contributed by atoms with Gasteiger partial charge in [0.25, 0.3) is 5.91 Å². The molecule has 4 rings (SSSR count). The first-order chi connectivity index (χ1) is 16.8. The molecule has 7 nitrogen and oxygen atoms in total. The molecule has 2 aliphatic rings. The van der Waals surface area contributed by atoms with Gasteiger partial charge in [-0.15, -0.1) is 11.3 Å². The van der Waals surface area contributed by atoms with Crippen molar-refractivity contribution in [1.82, 2.24) is 10.2 Å². The van der Waals surface area contributed by atoms with E-state index in [1.807, 2.05) is 52.0 Å². The van der Waals surface area contributed by atoms with Gasteiger partial charge in [-0.2, -0.15) is 0 Å². The van der Waals surface area contributed by atoms with Crippen molar-refractivity contribution >= 4 is 34.8 Å². The summed E-state index contributed by atoms with van der Waals surface area (Å²) in [7, 11) is 0. The number of carbonyl (C=O) groups is 3. The summed E-state index contributed by atoms with van der Waals surface area (Å²) >= 11 is 1.69. The van der Waals surface area contributed by atoms with Crippen LogP contribution < -0.4 is 5.32 Å². The van der Waals surface area contributed by atoms with Gasteiger partial charge in [0.15, 0.2) is 0 Å². The summed E-state index contributed by atoms with van der Waals surface area (Å²) in [4.78, 5) is 45.9. The van der Waals surface area contributed by atoms with E-state index in [2.05, 4.69) is 28.7 Å². The number of aliphatic hydroxyl groups excluding tert-OH is 1. The van der Waals surface area contributed by atoms with Crippen molar-refractivity contribution in [2.24, 2.45) is 10.4 Å². The van der Waals surface area contributed by atoms with Crippen LogP contribution in [0.15, 0.2) is 40.7 Å². The van der Waals surface area contributed by atoms with Crippen LogP contribution in [0, 0.1) is 12.3 Å². The summed E-state index contributed by atoms with van der Waals surface area (Å²) in [5, 5.41) is 15.3. The number of aryl methyl sites for hydroxylation is 1. The van der Waals surface area contributed by atoms with E-state index in [0.29, 0.717) is 18.6 Å². The molecule has 1 aromatic carbocycles. The Morgan fingerprint density at radius 1 is 1.22 bits per heavy atom. The Hall–Kier alpha value is -2.84. The molecule has 1 saturated heterocycles. The van der Waals surface area contributed by atoms with Gasteiger partial charge in [-0.05, 0) is 47.4 Å². The fraction of sp³-hybridized carbons (Fsp3) is 0.500. The number of hydrogen-bond acceptors (Lipinski definition) is 5. The number of aliphatic hydroxyl groups is 1. The molecule has 0 aliphatic carbocycles. The van der Waals surface area contributed by atoms with Crippen molar-refractivity contribution in [2.45, 2.75) is 78.0 Å². The molecule has 3 amide bonds. The van der Waals surface area contributed by atoms with Gasteiger partial charge in [-0.25, -0.2) is 4.99 Å². The van der Waals surface area contributed by atoms with Crippen LogP contribution in [-0.2, 0) is 19.8 Å². The maximum absolute atomic E-state index is 13.6. The van der Waals surface area contributed by atoms with Crippen molar-refractivity contribution in [1.29, 1.82) is 0 Å². The molecule has 1 fully saturated rings. The molecule has 36 heavy (non-hydrogen) atoms. The van der Waals surface area contributed by atoms with Gasteiger partial charge in [0.2, 0.25) is 11.8 Å². The van der Waals surface area contributed by atoms with Crippen LogP contribution in [0.2, 0.25) is 0 Å². The average Bonchev–Trinajstić information content (AvgIpc) is 3.48. The van der Waals surface area contributed by atoms with E-state index in [0.717, 1.165) is 11.1 Å². The standard InChI is InChI=1S/C28H35N3O4S/c1-16-11-12-36-23(16)18-7-9-19(10-8-18)28(6)14-21(30-26(28)35)22-13-20(33)15-31(22)25(34)24(27(3,4)5)29-17(2)32/h7-12,20,22,24,33H,13-15H2,1-6H3,(H,29,32)/t20-,22-,24-,28-/m1/s1. The zero-order chi connectivity index (χ0) is 26.4. The zero-order valence-corrected chi connectivity index (χ0v) is 22.6. The Morgan fingerprint density at radius 3 is 2.44 bits per heavy atom. The van der Waals surface area contributed by atoms with Crippen LogP contribution in [0.5, 0.6) is 0 Å². The van der Waals surface area contributed by atoms with E-state index >= 15 is 0 Å². The molecule has 2 aromatic rings. The topological polar surface area (TPSA) is 99.1 Å². The molecule has 0 spiro atoms. The van der Waals surface area contributed by atoms with Crippen LogP contribution in [0.3, 0.4) is 0 Å². The minimum absolute atomic E-state index is 0.147.